The van der Waals surface area contributed by atoms with Gasteiger partial charge in [0, 0.05) is 18.6 Å². The van der Waals surface area contributed by atoms with E-state index >= 15 is 0 Å². The summed E-state index contributed by atoms with van der Waals surface area (Å²) in [6.07, 6.45) is 5.05. The molecule has 2 aliphatic rings. The van der Waals surface area contributed by atoms with Crippen LogP contribution in [0.1, 0.15) is 32.1 Å². The molecule has 0 radical (unpaired) electrons. The molecule has 1 saturated carbocycles. The minimum atomic E-state index is -0.930. The maximum Gasteiger partial charge on any atom is 0.320 e. The van der Waals surface area contributed by atoms with Crippen LogP contribution < -0.4 is 5.73 Å². The lowest BCUT2D eigenvalue weighted by atomic mass is 10.2. The third kappa shape index (κ3) is 3.60. The van der Waals surface area contributed by atoms with E-state index < -0.39 is 12.0 Å². The molecule has 1 aliphatic carbocycles. The van der Waals surface area contributed by atoms with Crippen molar-refractivity contribution in [3.8, 4) is 0 Å². The monoisotopic (exact) mass is 275 g/mol. The first-order chi connectivity index (χ1) is 8.61. The van der Waals surface area contributed by atoms with Crippen molar-refractivity contribution in [2.45, 2.75) is 50.0 Å². The van der Waals surface area contributed by atoms with Crippen molar-refractivity contribution >= 4 is 17.7 Å². The molecule has 6 heteroatoms. The van der Waals surface area contributed by atoms with Gasteiger partial charge in [-0.1, -0.05) is 0 Å². The highest BCUT2D eigenvalue weighted by atomic mass is 32.2. The van der Waals surface area contributed by atoms with Crippen LogP contribution in [-0.4, -0.2) is 47.1 Å². The molecule has 2 rings (SSSR count). The Morgan fingerprint density at radius 1 is 1.50 bits per heavy atom. The van der Waals surface area contributed by atoms with Gasteiger partial charge in [0.25, 0.3) is 0 Å². The zero-order chi connectivity index (χ0) is 13.0. The van der Waals surface area contributed by atoms with E-state index in [9.17, 15) is 4.79 Å². The number of ether oxygens (including phenoxy) is 2. The van der Waals surface area contributed by atoms with Crippen molar-refractivity contribution in [3.63, 3.8) is 0 Å². The fourth-order valence-electron chi connectivity index (χ4n) is 2.42. The standard InChI is InChI=1S/C12H21NO4S/c13-10(11(14)15)3-6-18-8-9-7-16-12(17-9)4-1-2-5-12/h9-10H,1-8,13H2,(H,14,15). The molecule has 2 unspecified atom stereocenters. The van der Waals surface area contributed by atoms with E-state index in [0.717, 1.165) is 24.3 Å². The summed E-state index contributed by atoms with van der Waals surface area (Å²) in [5, 5.41) is 8.65. The van der Waals surface area contributed by atoms with Crippen LogP contribution in [0.5, 0.6) is 0 Å². The maximum atomic E-state index is 10.5. The van der Waals surface area contributed by atoms with Gasteiger partial charge in [0.15, 0.2) is 5.79 Å². The van der Waals surface area contributed by atoms with E-state index in [1.54, 1.807) is 11.8 Å². The fraction of sp³-hybridized carbons (Fsp3) is 0.917. The van der Waals surface area contributed by atoms with Crippen molar-refractivity contribution in [1.82, 2.24) is 0 Å². The van der Waals surface area contributed by atoms with E-state index in [0.29, 0.717) is 13.0 Å². The van der Waals surface area contributed by atoms with E-state index in [1.807, 2.05) is 0 Å². The number of rotatable bonds is 6. The van der Waals surface area contributed by atoms with Gasteiger partial charge >= 0.3 is 5.97 Å². The second-order valence-corrected chi connectivity index (χ2v) is 6.13. The SMILES string of the molecule is NC(CCSCC1COC2(CCCC2)O1)C(=O)O. The minimum Gasteiger partial charge on any atom is -0.480 e. The van der Waals surface area contributed by atoms with Crippen molar-refractivity contribution in [1.29, 1.82) is 0 Å². The lowest BCUT2D eigenvalue weighted by Gasteiger charge is -2.21. The zero-order valence-corrected chi connectivity index (χ0v) is 11.3. The summed E-state index contributed by atoms with van der Waals surface area (Å²) >= 11 is 1.69. The van der Waals surface area contributed by atoms with E-state index in [-0.39, 0.29) is 11.9 Å². The predicted molar refractivity (Wildman–Crippen MR) is 69.6 cm³/mol. The third-order valence-corrected chi connectivity index (χ3v) is 4.61. The van der Waals surface area contributed by atoms with Gasteiger partial charge in [-0.15, -0.1) is 0 Å². The zero-order valence-electron chi connectivity index (χ0n) is 10.5. The van der Waals surface area contributed by atoms with Crippen LogP contribution in [0.25, 0.3) is 0 Å². The Balaban J connectivity index is 1.59. The molecular weight excluding hydrogens is 254 g/mol. The number of thioether (sulfide) groups is 1. The first kappa shape index (κ1) is 14.1. The largest absolute Gasteiger partial charge is 0.480 e. The Kier molecular flexibility index (Phi) is 4.89. The topological polar surface area (TPSA) is 81.8 Å². The van der Waals surface area contributed by atoms with Gasteiger partial charge in [0.1, 0.15) is 6.04 Å². The van der Waals surface area contributed by atoms with Crippen LogP contribution in [0.4, 0.5) is 0 Å². The van der Waals surface area contributed by atoms with Gasteiger partial charge in [-0.3, -0.25) is 4.79 Å². The highest BCUT2D eigenvalue weighted by Gasteiger charge is 2.43. The Labute approximate surface area is 111 Å². The lowest BCUT2D eigenvalue weighted by molar-refractivity contribution is -0.159. The molecule has 1 heterocycles. The Hall–Kier alpha value is -0.300. The van der Waals surface area contributed by atoms with E-state index in [4.69, 9.17) is 20.3 Å². The molecule has 104 valence electrons. The van der Waals surface area contributed by atoms with Crippen molar-refractivity contribution in [2.24, 2.45) is 5.73 Å². The first-order valence-electron chi connectivity index (χ1n) is 6.49. The van der Waals surface area contributed by atoms with Crippen LogP contribution >= 0.6 is 11.8 Å². The molecule has 2 atom stereocenters. The smallest absolute Gasteiger partial charge is 0.320 e. The second-order valence-electron chi connectivity index (χ2n) is 4.98. The molecule has 1 spiro atoms. The number of carboxylic acid groups (broad SMARTS) is 1. The molecule has 0 aromatic carbocycles. The summed E-state index contributed by atoms with van der Waals surface area (Å²) in [6, 6.07) is -0.751. The molecule has 0 amide bonds. The van der Waals surface area contributed by atoms with Crippen LogP contribution in [0.3, 0.4) is 0 Å². The average Bonchev–Trinajstić information content (AvgIpc) is 2.95. The Bertz CT molecular complexity index is 294. The third-order valence-electron chi connectivity index (χ3n) is 3.47. The lowest BCUT2D eigenvalue weighted by Crippen LogP contribution is -2.30. The summed E-state index contributed by atoms with van der Waals surface area (Å²) in [5.74, 6) is 0.387. The number of carboxylic acids is 1. The predicted octanol–water partition coefficient (Wildman–Crippen LogP) is 1.21. The number of carbonyl (C=O) groups is 1. The summed E-state index contributed by atoms with van der Waals surface area (Å²) in [5.41, 5.74) is 5.44. The molecule has 0 aromatic heterocycles. The molecule has 2 fully saturated rings. The quantitative estimate of drug-likeness (QED) is 0.709. The Morgan fingerprint density at radius 2 is 2.22 bits per heavy atom. The van der Waals surface area contributed by atoms with Crippen LogP contribution in [0, 0.1) is 0 Å². The summed E-state index contributed by atoms with van der Waals surface area (Å²) in [7, 11) is 0. The normalized spacial score (nSPS) is 27.7. The summed E-state index contributed by atoms with van der Waals surface area (Å²) < 4.78 is 11.7. The molecule has 1 aliphatic heterocycles. The van der Waals surface area contributed by atoms with Gasteiger partial charge in [-0.05, 0) is 25.0 Å². The molecule has 1 saturated heterocycles. The second kappa shape index (κ2) is 6.23. The number of hydrogen-bond acceptors (Lipinski definition) is 5. The van der Waals surface area contributed by atoms with Gasteiger partial charge in [0.2, 0.25) is 0 Å². The van der Waals surface area contributed by atoms with Crippen molar-refractivity contribution in [3.05, 3.63) is 0 Å². The van der Waals surface area contributed by atoms with Gasteiger partial charge < -0.3 is 20.3 Å². The molecule has 5 nitrogen and oxygen atoms in total. The Morgan fingerprint density at radius 3 is 2.89 bits per heavy atom. The number of nitrogens with two attached hydrogens (primary N) is 1. The van der Waals surface area contributed by atoms with Gasteiger partial charge in [-0.2, -0.15) is 11.8 Å². The molecule has 18 heavy (non-hydrogen) atoms. The van der Waals surface area contributed by atoms with Crippen LogP contribution in [0.15, 0.2) is 0 Å². The molecular formula is C12H21NO4S. The highest BCUT2D eigenvalue weighted by Crippen LogP contribution is 2.39. The molecule has 3 N–H and O–H groups in total. The van der Waals surface area contributed by atoms with Gasteiger partial charge in [-0.25, -0.2) is 0 Å². The van der Waals surface area contributed by atoms with Crippen molar-refractivity contribution < 1.29 is 19.4 Å². The van der Waals surface area contributed by atoms with Gasteiger partial charge in [0.05, 0.1) is 12.7 Å². The van der Waals surface area contributed by atoms with E-state index in [1.165, 1.54) is 12.8 Å². The van der Waals surface area contributed by atoms with Crippen molar-refractivity contribution in [2.75, 3.05) is 18.1 Å². The fourth-order valence-corrected chi connectivity index (χ4v) is 3.44. The van der Waals surface area contributed by atoms with Crippen LogP contribution in [-0.2, 0) is 14.3 Å². The first-order valence-corrected chi connectivity index (χ1v) is 7.65. The van der Waals surface area contributed by atoms with Crippen LogP contribution in [0.2, 0.25) is 0 Å². The summed E-state index contributed by atoms with van der Waals surface area (Å²) in [4.78, 5) is 10.5. The highest BCUT2D eigenvalue weighted by molar-refractivity contribution is 7.99. The number of hydrogen-bond donors (Lipinski definition) is 2. The molecule has 0 bridgehead atoms. The average molecular weight is 275 g/mol. The maximum absolute atomic E-state index is 10.5. The number of aliphatic carboxylic acids is 1. The minimum absolute atomic E-state index is 0.147. The molecule has 0 aromatic rings. The van der Waals surface area contributed by atoms with E-state index in [2.05, 4.69) is 0 Å². The summed E-state index contributed by atoms with van der Waals surface area (Å²) in [6.45, 7) is 0.665.